The second-order valence-electron chi connectivity index (χ2n) is 4.51. The van der Waals surface area contributed by atoms with E-state index in [0.717, 1.165) is 12.8 Å². The largest absolute Gasteiger partial charge is 0.368 e. The van der Waals surface area contributed by atoms with Gasteiger partial charge in [0.25, 0.3) is 5.91 Å². The molecule has 0 radical (unpaired) electrons. The van der Waals surface area contributed by atoms with E-state index >= 15 is 0 Å². The molecule has 0 aromatic heterocycles. The average Bonchev–Trinajstić information content (AvgIpc) is 2.41. The van der Waals surface area contributed by atoms with Crippen molar-refractivity contribution < 1.29 is 9.59 Å². The van der Waals surface area contributed by atoms with Gasteiger partial charge < -0.3 is 10.6 Å². The first-order chi connectivity index (χ1) is 9.02. The van der Waals surface area contributed by atoms with E-state index in [1.54, 1.807) is 18.2 Å². The summed E-state index contributed by atoms with van der Waals surface area (Å²) >= 11 is 9.41. The number of carbonyl (C=O) groups excluding carboxylic acids is 2. The number of rotatable bonds is 2. The van der Waals surface area contributed by atoms with Crippen molar-refractivity contribution in [3.05, 3.63) is 33.3 Å². The molecule has 2 rings (SSSR count). The number of halogens is 2. The standard InChI is InChI=1S/C13H14BrClN2O2/c14-9-5-3-4-8(11(9)15)13(19)17-7-2-1-6-10(17)12(16)18/h3-5,10H,1-2,6-7H2,(H2,16,18). The van der Waals surface area contributed by atoms with E-state index in [-0.39, 0.29) is 5.91 Å². The lowest BCUT2D eigenvalue weighted by atomic mass is 10.0. The maximum atomic E-state index is 12.5. The van der Waals surface area contributed by atoms with Crippen LogP contribution in [0.2, 0.25) is 5.02 Å². The molecule has 0 bridgehead atoms. The number of nitrogens with two attached hydrogens (primary N) is 1. The Kier molecular flexibility index (Phi) is 4.47. The van der Waals surface area contributed by atoms with Crippen molar-refractivity contribution in [1.82, 2.24) is 4.90 Å². The van der Waals surface area contributed by atoms with Crippen LogP contribution in [-0.4, -0.2) is 29.3 Å². The molecule has 102 valence electrons. The van der Waals surface area contributed by atoms with Gasteiger partial charge in [0.1, 0.15) is 6.04 Å². The van der Waals surface area contributed by atoms with Crippen LogP contribution >= 0.6 is 27.5 Å². The minimum Gasteiger partial charge on any atom is -0.368 e. The van der Waals surface area contributed by atoms with Gasteiger partial charge in [0.2, 0.25) is 5.91 Å². The fraction of sp³-hybridized carbons (Fsp3) is 0.385. The Bertz CT molecular complexity index is 521. The average molecular weight is 346 g/mol. The molecular weight excluding hydrogens is 332 g/mol. The zero-order chi connectivity index (χ0) is 14.0. The van der Waals surface area contributed by atoms with Crippen molar-refractivity contribution in [3.8, 4) is 0 Å². The summed E-state index contributed by atoms with van der Waals surface area (Å²) in [4.78, 5) is 25.5. The Morgan fingerprint density at radius 2 is 2.11 bits per heavy atom. The highest BCUT2D eigenvalue weighted by Gasteiger charge is 2.32. The van der Waals surface area contributed by atoms with Gasteiger partial charge in [-0.3, -0.25) is 9.59 Å². The van der Waals surface area contributed by atoms with Crippen molar-refractivity contribution in [1.29, 1.82) is 0 Å². The quantitative estimate of drug-likeness (QED) is 0.895. The van der Waals surface area contributed by atoms with Crippen molar-refractivity contribution in [2.24, 2.45) is 5.73 Å². The van der Waals surface area contributed by atoms with E-state index in [1.807, 2.05) is 0 Å². The lowest BCUT2D eigenvalue weighted by Gasteiger charge is -2.33. The SMILES string of the molecule is NC(=O)C1CCCCN1C(=O)c1cccc(Br)c1Cl. The predicted octanol–water partition coefficient (Wildman–Crippen LogP) is 2.58. The number of benzene rings is 1. The number of amides is 2. The molecule has 19 heavy (non-hydrogen) atoms. The number of nitrogens with zero attached hydrogens (tertiary/aromatic N) is 1. The van der Waals surface area contributed by atoms with Crippen LogP contribution in [0, 0.1) is 0 Å². The second-order valence-corrected chi connectivity index (χ2v) is 5.75. The van der Waals surface area contributed by atoms with Gasteiger partial charge in [-0.2, -0.15) is 0 Å². The Balaban J connectivity index is 2.31. The third-order valence-corrected chi connectivity index (χ3v) is 4.57. The number of hydrogen-bond donors (Lipinski definition) is 1. The molecule has 6 heteroatoms. The van der Waals surface area contributed by atoms with Gasteiger partial charge in [-0.05, 0) is 47.3 Å². The summed E-state index contributed by atoms with van der Waals surface area (Å²) in [6, 6.07) is 4.63. The van der Waals surface area contributed by atoms with Gasteiger partial charge in [-0.15, -0.1) is 0 Å². The Hall–Kier alpha value is -1.07. The zero-order valence-corrected chi connectivity index (χ0v) is 12.6. The van der Waals surface area contributed by atoms with Crippen LogP contribution in [0.5, 0.6) is 0 Å². The van der Waals surface area contributed by atoms with Gasteiger partial charge in [0.05, 0.1) is 10.6 Å². The first-order valence-electron chi connectivity index (χ1n) is 6.06. The van der Waals surface area contributed by atoms with Crippen LogP contribution < -0.4 is 5.73 Å². The van der Waals surface area contributed by atoms with Gasteiger partial charge in [0, 0.05) is 11.0 Å². The molecule has 2 N–H and O–H groups in total. The molecule has 4 nitrogen and oxygen atoms in total. The Morgan fingerprint density at radius 1 is 1.37 bits per heavy atom. The van der Waals surface area contributed by atoms with Crippen molar-refractivity contribution >= 4 is 39.3 Å². The summed E-state index contributed by atoms with van der Waals surface area (Å²) < 4.78 is 0.660. The molecule has 1 aliphatic heterocycles. The maximum absolute atomic E-state index is 12.5. The van der Waals surface area contributed by atoms with Crippen LogP contribution in [0.1, 0.15) is 29.6 Å². The molecule has 0 saturated carbocycles. The molecule has 1 heterocycles. The van der Waals surface area contributed by atoms with Crippen molar-refractivity contribution in [2.75, 3.05) is 6.54 Å². The van der Waals surface area contributed by atoms with E-state index in [1.165, 1.54) is 4.90 Å². The molecule has 0 aliphatic carbocycles. The van der Waals surface area contributed by atoms with Gasteiger partial charge in [-0.1, -0.05) is 17.7 Å². The number of piperidine rings is 1. The van der Waals surface area contributed by atoms with Gasteiger partial charge in [0.15, 0.2) is 0 Å². The van der Waals surface area contributed by atoms with E-state index in [0.29, 0.717) is 28.0 Å². The van der Waals surface area contributed by atoms with E-state index in [4.69, 9.17) is 17.3 Å². The van der Waals surface area contributed by atoms with Crippen LogP contribution in [-0.2, 0) is 4.79 Å². The van der Waals surface area contributed by atoms with Crippen LogP contribution in [0.3, 0.4) is 0 Å². The van der Waals surface area contributed by atoms with Crippen molar-refractivity contribution in [2.45, 2.75) is 25.3 Å². The summed E-state index contributed by atoms with van der Waals surface area (Å²) in [6.07, 6.45) is 2.40. The topological polar surface area (TPSA) is 63.4 Å². The molecule has 1 unspecified atom stereocenters. The summed E-state index contributed by atoms with van der Waals surface area (Å²) in [5.74, 6) is -0.700. The lowest BCUT2D eigenvalue weighted by Crippen LogP contribution is -2.50. The first-order valence-corrected chi connectivity index (χ1v) is 7.23. The number of hydrogen-bond acceptors (Lipinski definition) is 2. The summed E-state index contributed by atoms with van der Waals surface area (Å²) in [5, 5.41) is 0.362. The zero-order valence-electron chi connectivity index (χ0n) is 10.2. The normalized spacial score (nSPS) is 19.3. The fourth-order valence-electron chi connectivity index (χ4n) is 2.29. The highest BCUT2D eigenvalue weighted by molar-refractivity contribution is 9.10. The van der Waals surface area contributed by atoms with Crippen LogP contribution in [0.4, 0.5) is 0 Å². The molecule has 0 spiro atoms. The molecule has 1 aromatic carbocycles. The fourth-order valence-corrected chi connectivity index (χ4v) is 2.87. The molecule has 1 aliphatic rings. The van der Waals surface area contributed by atoms with E-state index < -0.39 is 11.9 Å². The lowest BCUT2D eigenvalue weighted by molar-refractivity contribution is -0.123. The van der Waals surface area contributed by atoms with E-state index in [9.17, 15) is 9.59 Å². The second kappa shape index (κ2) is 5.92. The molecule has 2 amide bonds. The smallest absolute Gasteiger partial charge is 0.256 e. The third-order valence-electron chi connectivity index (χ3n) is 3.27. The monoisotopic (exact) mass is 344 g/mol. The molecular formula is C13H14BrClN2O2. The summed E-state index contributed by atoms with van der Waals surface area (Å²) in [6.45, 7) is 0.537. The summed E-state index contributed by atoms with van der Waals surface area (Å²) in [5.41, 5.74) is 5.76. The maximum Gasteiger partial charge on any atom is 0.256 e. The Morgan fingerprint density at radius 3 is 2.79 bits per heavy atom. The molecule has 1 saturated heterocycles. The van der Waals surface area contributed by atoms with Crippen LogP contribution in [0.15, 0.2) is 22.7 Å². The highest BCUT2D eigenvalue weighted by Crippen LogP contribution is 2.28. The Labute approximate surface area is 125 Å². The summed E-state index contributed by atoms with van der Waals surface area (Å²) in [7, 11) is 0. The minimum atomic E-state index is -0.531. The minimum absolute atomic E-state index is 0.241. The number of likely N-dealkylation sites (tertiary alicyclic amines) is 1. The highest BCUT2D eigenvalue weighted by atomic mass is 79.9. The van der Waals surface area contributed by atoms with Crippen LogP contribution in [0.25, 0.3) is 0 Å². The van der Waals surface area contributed by atoms with Gasteiger partial charge in [-0.25, -0.2) is 0 Å². The molecule has 1 fully saturated rings. The number of primary amides is 1. The van der Waals surface area contributed by atoms with Gasteiger partial charge >= 0.3 is 0 Å². The predicted molar refractivity (Wildman–Crippen MR) is 77.0 cm³/mol. The number of carbonyl (C=O) groups is 2. The van der Waals surface area contributed by atoms with Crippen molar-refractivity contribution in [3.63, 3.8) is 0 Å². The first kappa shape index (κ1) is 14.3. The molecule has 1 aromatic rings. The third kappa shape index (κ3) is 2.92. The van der Waals surface area contributed by atoms with E-state index in [2.05, 4.69) is 15.9 Å². The molecule has 1 atom stereocenters.